The van der Waals surface area contributed by atoms with Crippen molar-refractivity contribution in [1.82, 2.24) is 0 Å². The maximum atomic E-state index is 13.7. The van der Waals surface area contributed by atoms with E-state index < -0.39 is 11.7 Å². The number of halogens is 2. The fourth-order valence-electron chi connectivity index (χ4n) is 1.80. The van der Waals surface area contributed by atoms with Gasteiger partial charge in [0.15, 0.2) is 5.78 Å². The Kier molecular flexibility index (Phi) is 4.27. The number of carbonyl (C=O) groups excluding carboxylic acids is 1. The van der Waals surface area contributed by atoms with E-state index in [1.165, 1.54) is 18.2 Å². The summed E-state index contributed by atoms with van der Waals surface area (Å²) in [5, 5.41) is 9.19. The van der Waals surface area contributed by atoms with Crippen LogP contribution in [-0.2, 0) is 0 Å². The molecule has 0 aromatic heterocycles. The molecule has 4 heteroatoms. The van der Waals surface area contributed by atoms with Crippen LogP contribution in [0.2, 0.25) is 0 Å². The highest BCUT2D eigenvalue weighted by Crippen LogP contribution is 2.25. The fourth-order valence-corrected chi connectivity index (χ4v) is 2.45. The van der Waals surface area contributed by atoms with E-state index in [2.05, 4.69) is 0 Å². The third-order valence-corrected chi connectivity index (χ3v) is 3.69. The van der Waals surface area contributed by atoms with Crippen molar-refractivity contribution in [3.63, 3.8) is 0 Å². The number of nitriles is 1. The van der Waals surface area contributed by atoms with Crippen LogP contribution >= 0.6 is 22.6 Å². The predicted molar refractivity (Wildman–Crippen MR) is 78.2 cm³/mol. The third-order valence-electron chi connectivity index (χ3n) is 2.75. The van der Waals surface area contributed by atoms with Gasteiger partial charge in [0.05, 0.1) is 6.07 Å². The van der Waals surface area contributed by atoms with Crippen molar-refractivity contribution in [3.8, 4) is 6.07 Å². The molecule has 0 radical (unpaired) electrons. The third kappa shape index (κ3) is 2.82. The van der Waals surface area contributed by atoms with Crippen molar-refractivity contribution in [2.45, 2.75) is 5.92 Å². The van der Waals surface area contributed by atoms with Crippen molar-refractivity contribution >= 4 is 28.4 Å². The monoisotopic (exact) mass is 365 g/mol. The number of nitrogens with zero attached hydrogens (tertiary/aromatic N) is 1. The molecule has 1 atom stereocenters. The van der Waals surface area contributed by atoms with Gasteiger partial charge in [0, 0.05) is 14.7 Å². The average molecular weight is 365 g/mol. The Labute approximate surface area is 124 Å². The number of rotatable bonds is 3. The van der Waals surface area contributed by atoms with Gasteiger partial charge >= 0.3 is 0 Å². The molecule has 0 heterocycles. The van der Waals surface area contributed by atoms with Crippen molar-refractivity contribution < 1.29 is 9.18 Å². The topological polar surface area (TPSA) is 40.9 Å². The van der Waals surface area contributed by atoms with Gasteiger partial charge < -0.3 is 0 Å². The van der Waals surface area contributed by atoms with Crippen LogP contribution in [0.3, 0.4) is 0 Å². The van der Waals surface area contributed by atoms with Gasteiger partial charge in [-0.15, -0.1) is 0 Å². The molecule has 19 heavy (non-hydrogen) atoms. The second kappa shape index (κ2) is 5.93. The molecule has 0 aliphatic rings. The molecule has 0 bridgehead atoms. The van der Waals surface area contributed by atoms with Crippen LogP contribution < -0.4 is 0 Å². The first kappa shape index (κ1) is 13.7. The summed E-state index contributed by atoms with van der Waals surface area (Å²) in [4.78, 5) is 12.4. The van der Waals surface area contributed by atoms with Gasteiger partial charge in [0.25, 0.3) is 0 Å². The molecule has 2 aromatic carbocycles. The van der Waals surface area contributed by atoms with E-state index in [-0.39, 0.29) is 11.3 Å². The van der Waals surface area contributed by atoms with E-state index in [9.17, 15) is 14.4 Å². The zero-order valence-corrected chi connectivity index (χ0v) is 12.0. The number of hydrogen-bond donors (Lipinski definition) is 0. The quantitative estimate of drug-likeness (QED) is 0.611. The van der Waals surface area contributed by atoms with Crippen molar-refractivity contribution in [2.24, 2.45) is 0 Å². The lowest BCUT2D eigenvalue weighted by Crippen LogP contribution is -2.14. The summed E-state index contributed by atoms with van der Waals surface area (Å²) in [6, 6.07) is 14.7. The molecule has 0 spiro atoms. The number of ketones is 1. The van der Waals surface area contributed by atoms with E-state index >= 15 is 0 Å². The van der Waals surface area contributed by atoms with Crippen LogP contribution in [0.15, 0.2) is 48.5 Å². The Hall–Kier alpha value is -1.74. The Morgan fingerprint density at radius 2 is 1.79 bits per heavy atom. The number of Topliss-reactive ketones (excluding diaryl/α,β-unsaturated/α-hetero) is 1. The molecule has 2 nitrogen and oxygen atoms in total. The van der Waals surface area contributed by atoms with E-state index in [1.807, 2.05) is 34.7 Å². The number of carbonyl (C=O) groups is 1. The molecule has 0 aliphatic carbocycles. The normalized spacial score (nSPS) is 11.6. The van der Waals surface area contributed by atoms with Crippen LogP contribution in [-0.4, -0.2) is 5.78 Å². The Morgan fingerprint density at radius 3 is 2.42 bits per heavy atom. The van der Waals surface area contributed by atoms with E-state index in [0.717, 1.165) is 3.57 Å². The number of benzene rings is 2. The van der Waals surface area contributed by atoms with Gasteiger partial charge in [0.2, 0.25) is 0 Å². The Morgan fingerprint density at radius 1 is 1.16 bits per heavy atom. The number of hydrogen-bond acceptors (Lipinski definition) is 2. The lowest BCUT2D eigenvalue weighted by Gasteiger charge is -2.10. The molecule has 0 N–H and O–H groups in total. The zero-order valence-electron chi connectivity index (χ0n) is 9.81. The van der Waals surface area contributed by atoms with Gasteiger partial charge in [-0.3, -0.25) is 4.79 Å². The largest absolute Gasteiger partial charge is 0.292 e. The summed E-state index contributed by atoms with van der Waals surface area (Å²) in [7, 11) is 0. The standard InChI is InChI=1S/C15H9FINO/c16-13-7-3-1-5-10(13)12(9-18)15(19)11-6-2-4-8-14(11)17/h1-8,12H. The van der Waals surface area contributed by atoms with Crippen molar-refractivity contribution in [3.05, 3.63) is 69.0 Å². The molecule has 1 unspecified atom stereocenters. The zero-order chi connectivity index (χ0) is 13.8. The maximum Gasteiger partial charge on any atom is 0.185 e. The SMILES string of the molecule is N#CC(C(=O)c1ccccc1I)c1ccccc1F. The summed E-state index contributed by atoms with van der Waals surface area (Å²) in [5.74, 6) is -2.02. The average Bonchev–Trinajstić information content (AvgIpc) is 2.42. The summed E-state index contributed by atoms with van der Waals surface area (Å²) in [6.07, 6.45) is 0. The first-order valence-corrected chi connectivity index (χ1v) is 6.66. The molecule has 0 saturated carbocycles. The minimum atomic E-state index is -1.11. The smallest absolute Gasteiger partial charge is 0.185 e. The van der Waals surface area contributed by atoms with Crippen LogP contribution in [0.1, 0.15) is 21.8 Å². The maximum absolute atomic E-state index is 13.7. The summed E-state index contributed by atoms with van der Waals surface area (Å²) in [5.41, 5.74) is 0.563. The Balaban J connectivity index is 2.45. The fraction of sp³-hybridized carbons (Fsp3) is 0.0667. The predicted octanol–water partition coefficient (Wildman–Crippen LogP) is 3.92. The van der Waals surface area contributed by atoms with Crippen molar-refractivity contribution in [2.75, 3.05) is 0 Å². The van der Waals surface area contributed by atoms with Crippen molar-refractivity contribution in [1.29, 1.82) is 5.26 Å². The molecular formula is C15H9FINO. The van der Waals surface area contributed by atoms with Crippen LogP contribution in [0.25, 0.3) is 0 Å². The molecule has 2 aromatic rings. The van der Waals surface area contributed by atoms with Gasteiger partial charge in [-0.05, 0) is 34.7 Å². The highest BCUT2D eigenvalue weighted by atomic mass is 127. The minimum absolute atomic E-state index is 0.120. The lowest BCUT2D eigenvalue weighted by atomic mass is 9.91. The summed E-state index contributed by atoms with van der Waals surface area (Å²) in [6.45, 7) is 0. The molecule has 2 rings (SSSR count). The van der Waals surface area contributed by atoms with Gasteiger partial charge in [-0.2, -0.15) is 5.26 Å². The second-order valence-corrected chi connectivity index (χ2v) is 5.09. The highest BCUT2D eigenvalue weighted by Gasteiger charge is 2.25. The summed E-state index contributed by atoms with van der Waals surface area (Å²) >= 11 is 2.03. The second-order valence-electron chi connectivity index (χ2n) is 3.93. The van der Waals surface area contributed by atoms with E-state index in [0.29, 0.717) is 5.56 Å². The Bertz CT molecular complexity index is 663. The van der Waals surface area contributed by atoms with Gasteiger partial charge in [-0.1, -0.05) is 36.4 Å². The first-order chi connectivity index (χ1) is 9.15. The molecule has 0 amide bonds. The summed E-state index contributed by atoms with van der Waals surface area (Å²) < 4.78 is 14.4. The first-order valence-electron chi connectivity index (χ1n) is 5.58. The van der Waals surface area contributed by atoms with Gasteiger partial charge in [0.1, 0.15) is 11.7 Å². The molecule has 94 valence electrons. The lowest BCUT2D eigenvalue weighted by molar-refractivity contribution is 0.0976. The highest BCUT2D eigenvalue weighted by molar-refractivity contribution is 14.1. The molecule has 0 fully saturated rings. The van der Waals surface area contributed by atoms with Crippen LogP contribution in [0.5, 0.6) is 0 Å². The van der Waals surface area contributed by atoms with Gasteiger partial charge in [-0.25, -0.2) is 4.39 Å². The van der Waals surface area contributed by atoms with Crippen LogP contribution in [0.4, 0.5) is 4.39 Å². The van der Waals surface area contributed by atoms with E-state index in [1.54, 1.807) is 24.3 Å². The molecule has 0 saturated heterocycles. The molecule has 0 aliphatic heterocycles. The van der Waals surface area contributed by atoms with E-state index in [4.69, 9.17) is 0 Å². The molecular weight excluding hydrogens is 356 g/mol. The minimum Gasteiger partial charge on any atom is -0.292 e. The van der Waals surface area contributed by atoms with Crippen LogP contribution in [0, 0.1) is 20.7 Å².